The lowest BCUT2D eigenvalue weighted by Gasteiger charge is -2.33. The van der Waals surface area contributed by atoms with Gasteiger partial charge in [-0.2, -0.15) is 0 Å². The summed E-state index contributed by atoms with van der Waals surface area (Å²) < 4.78 is 26.3. The van der Waals surface area contributed by atoms with Gasteiger partial charge in [-0.05, 0) is 100 Å². The molecule has 1 aliphatic carbocycles. The maximum absolute atomic E-state index is 14.1. The molecule has 1 N–H and O–H groups in total. The van der Waals surface area contributed by atoms with Crippen molar-refractivity contribution in [1.82, 2.24) is 0 Å². The number of ether oxygens (including phenoxy) is 2. The third-order valence-corrected chi connectivity index (χ3v) is 9.72. The summed E-state index contributed by atoms with van der Waals surface area (Å²) in [7, 11) is 1.55. The van der Waals surface area contributed by atoms with E-state index in [2.05, 4.69) is 42.0 Å². The summed E-state index contributed by atoms with van der Waals surface area (Å²) in [5, 5.41) is 4.31. The number of benzene rings is 3. The van der Waals surface area contributed by atoms with Gasteiger partial charge in [0, 0.05) is 27.4 Å². The molecule has 43 heavy (non-hydrogen) atoms. The third kappa shape index (κ3) is 7.31. The van der Waals surface area contributed by atoms with Gasteiger partial charge in [0.25, 0.3) is 5.91 Å². The number of thiophene rings is 1. The van der Waals surface area contributed by atoms with E-state index in [1.807, 2.05) is 12.1 Å². The first-order chi connectivity index (χ1) is 20.5. The zero-order valence-corrected chi connectivity index (χ0v) is 27.6. The highest BCUT2D eigenvalue weighted by Crippen LogP contribution is 2.45. The zero-order valence-electron chi connectivity index (χ0n) is 24.5. The molecule has 0 fully saturated rings. The number of nitrogens with zero attached hydrogens (tertiary/aromatic N) is 1. The van der Waals surface area contributed by atoms with E-state index in [1.54, 1.807) is 67.1 Å². The van der Waals surface area contributed by atoms with E-state index in [-0.39, 0.29) is 23.7 Å². The smallest absolute Gasteiger partial charge is 0.259 e. The number of hydrogen-bond donors (Lipinski definition) is 1. The number of halogens is 3. The minimum absolute atomic E-state index is 0.0530. The monoisotopic (exact) mass is 682 g/mol. The number of amides is 1. The molecule has 1 heterocycles. The number of rotatable bonds is 8. The molecule has 0 bridgehead atoms. The molecule has 0 unspecified atom stereocenters. The van der Waals surface area contributed by atoms with E-state index in [1.165, 1.54) is 10.9 Å². The molecule has 5 rings (SSSR count). The largest absolute Gasteiger partial charge is 0.493 e. The number of fused-ring (bicyclic) bond motifs is 1. The highest BCUT2D eigenvalue weighted by Gasteiger charge is 2.33. The number of carbonyl (C=O) groups excluding carboxylic acids is 1. The van der Waals surface area contributed by atoms with Crippen LogP contribution in [0, 0.1) is 17.2 Å². The second-order valence-electron chi connectivity index (χ2n) is 11.6. The Hall–Kier alpha value is -3.20. The van der Waals surface area contributed by atoms with E-state index in [0.717, 1.165) is 30.4 Å². The van der Waals surface area contributed by atoms with E-state index >= 15 is 0 Å². The molecule has 4 aromatic rings. The third-order valence-electron chi connectivity index (χ3n) is 7.71. The van der Waals surface area contributed by atoms with Crippen LogP contribution in [-0.2, 0) is 19.4 Å². The molecule has 5 nitrogen and oxygen atoms in total. The number of carbonyl (C=O) groups is 1. The fourth-order valence-electron chi connectivity index (χ4n) is 5.22. The van der Waals surface area contributed by atoms with Crippen molar-refractivity contribution in [3.05, 3.63) is 103 Å². The second-order valence-corrected chi connectivity index (χ2v) is 14.0. The van der Waals surface area contributed by atoms with Crippen LogP contribution in [0.5, 0.6) is 11.5 Å². The lowest BCUT2D eigenvalue weighted by atomic mass is 9.72. The van der Waals surface area contributed by atoms with Gasteiger partial charge in [-0.3, -0.25) is 4.79 Å². The Balaban J connectivity index is 1.45. The Morgan fingerprint density at radius 2 is 1.93 bits per heavy atom. The van der Waals surface area contributed by atoms with Crippen LogP contribution in [0.2, 0.25) is 5.02 Å². The summed E-state index contributed by atoms with van der Waals surface area (Å²) >= 11 is 11.2. The van der Waals surface area contributed by atoms with Gasteiger partial charge in [0.2, 0.25) is 0 Å². The van der Waals surface area contributed by atoms with Crippen LogP contribution < -0.4 is 14.8 Å². The Morgan fingerprint density at radius 1 is 1.19 bits per heavy atom. The molecular weight excluding hydrogens is 651 g/mol. The van der Waals surface area contributed by atoms with Gasteiger partial charge in [-0.25, -0.2) is 9.38 Å². The summed E-state index contributed by atoms with van der Waals surface area (Å²) in [5.41, 5.74) is 3.75. The van der Waals surface area contributed by atoms with Crippen molar-refractivity contribution >= 4 is 61.7 Å². The number of hydrogen-bond acceptors (Lipinski definition) is 5. The number of anilines is 1. The Labute approximate surface area is 269 Å². The summed E-state index contributed by atoms with van der Waals surface area (Å²) in [4.78, 5) is 19.7. The van der Waals surface area contributed by atoms with Crippen LogP contribution in [0.4, 0.5) is 15.1 Å². The van der Waals surface area contributed by atoms with Crippen molar-refractivity contribution < 1.29 is 18.7 Å². The summed E-state index contributed by atoms with van der Waals surface area (Å²) in [6.45, 7) is 6.88. The highest BCUT2D eigenvalue weighted by molar-refractivity contribution is 9.10. The highest BCUT2D eigenvalue weighted by atomic mass is 79.9. The van der Waals surface area contributed by atoms with E-state index in [9.17, 15) is 9.18 Å². The molecule has 1 amide bonds. The van der Waals surface area contributed by atoms with Crippen molar-refractivity contribution in [3.8, 4) is 11.5 Å². The summed E-state index contributed by atoms with van der Waals surface area (Å²) in [6.07, 6.45) is 4.51. The molecule has 0 spiro atoms. The van der Waals surface area contributed by atoms with Gasteiger partial charge in [-0.15, -0.1) is 11.3 Å². The first-order valence-electron chi connectivity index (χ1n) is 14.0. The normalized spacial score (nSPS) is 14.9. The quantitative estimate of drug-likeness (QED) is 0.188. The standard InChI is InChI=1S/C34H33BrClFN2O3S/c1-34(2,3)22-9-14-25-29(17-22)43-33(30(25)32(40)39-24-12-10-23(36)11-13-24)38-18-20-15-26(35)31(28(16-20)41-4)42-19-21-7-5-6-8-27(21)37/h5-8,10-13,15-16,18,22H,9,14,17,19H2,1-4H3,(H,39,40)/t22-/m1/s1. The molecule has 1 atom stereocenters. The maximum Gasteiger partial charge on any atom is 0.259 e. The van der Waals surface area contributed by atoms with Crippen LogP contribution >= 0.6 is 38.9 Å². The van der Waals surface area contributed by atoms with Crippen molar-refractivity contribution in [2.75, 3.05) is 12.4 Å². The minimum atomic E-state index is -0.329. The molecule has 0 radical (unpaired) electrons. The summed E-state index contributed by atoms with van der Waals surface area (Å²) in [6, 6.07) is 17.2. The van der Waals surface area contributed by atoms with Gasteiger partial charge in [0.15, 0.2) is 11.5 Å². The Morgan fingerprint density at radius 3 is 2.63 bits per heavy atom. The van der Waals surface area contributed by atoms with Crippen LogP contribution in [0.1, 0.15) is 59.1 Å². The molecular formula is C34H33BrClFN2O3S. The molecule has 0 aliphatic heterocycles. The molecule has 1 aromatic heterocycles. The van der Waals surface area contributed by atoms with Gasteiger partial charge in [0.05, 0.1) is 17.1 Å². The minimum Gasteiger partial charge on any atom is -0.493 e. The van der Waals surface area contributed by atoms with E-state index < -0.39 is 0 Å². The first-order valence-corrected chi connectivity index (χ1v) is 16.0. The lowest BCUT2D eigenvalue weighted by Crippen LogP contribution is -2.27. The topological polar surface area (TPSA) is 59.9 Å². The molecule has 0 saturated heterocycles. The van der Waals surface area contributed by atoms with E-state index in [4.69, 9.17) is 26.1 Å². The van der Waals surface area contributed by atoms with Gasteiger partial charge >= 0.3 is 0 Å². The molecule has 3 aromatic carbocycles. The molecule has 0 saturated carbocycles. The van der Waals surface area contributed by atoms with Gasteiger partial charge in [-0.1, -0.05) is 50.6 Å². The number of nitrogens with one attached hydrogen (secondary N) is 1. The van der Waals surface area contributed by atoms with Crippen molar-refractivity contribution in [3.63, 3.8) is 0 Å². The van der Waals surface area contributed by atoms with Crippen LogP contribution in [0.25, 0.3) is 0 Å². The van der Waals surface area contributed by atoms with Crippen LogP contribution in [0.3, 0.4) is 0 Å². The van der Waals surface area contributed by atoms with Crippen molar-refractivity contribution in [2.24, 2.45) is 16.3 Å². The fraction of sp³-hybridized carbons (Fsp3) is 0.294. The van der Waals surface area contributed by atoms with E-state index in [0.29, 0.717) is 48.7 Å². The summed E-state index contributed by atoms with van der Waals surface area (Å²) in [5.74, 6) is 0.957. The number of methoxy groups -OCH3 is 1. The molecule has 9 heteroatoms. The van der Waals surface area contributed by atoms with Crippen molar-refractivity contribution in [2.45, 2.75) is 46.6 Å². The molecule has 224 valence electrons. The average molecular weight is 684 g/mol. The average Bonchev–Trinajstić information content (AvgIpc) is 3.34. The predicted octanol–water partition coefficient (Wildman–Crippen LogP) is 10.0. The van der Waals surface area contributed by atoms with Crippen LogP contribution in [0.15, 0.2) is 70.1 Å². The number of aliphatic imine (C=N–C) groups is 1. The van der Waals surface area contributed by atoms with Gasteiger partial charge in [0.1, 0.15) is 17.4 Å². The fourth-order valence-corrected chi connectivity index (χ4v) is 7.18. The van der Waals surface area contributed by atoms with Crippen LogP contribution in [-0.4, -0.2) is 19.2 Å². The Kier molecular flexibility index (Phi) is 9.59. The second kappa shape index (κ2) is 13.2. The maximum atomic E-state index is 14.1. The molecule has 1 aliphatic rings. The van der Waals surface area contributed by atoms with Crippen molar-refractivity contribution in [1.29, 1.82) is 0 Å². The first kappa shape index (κ1) is 31.2. The SMILES string of the molecule is COc1cc(C=Nc2sc3c(c2C(=O)Nc2ccc(Cl)cc2)CC[C@@H](C(C)(C)C)C3)cc(Br)c1OCc1ccccc1F. The zero-order chi connectivity index (χ0) is 30.7. The van der Waals surface area contributed by atoms with Gasteiger partial charge < -0.3 is 14.8 Å². The predicted molar refractivity (Wildman–Crippen MR) is 177 cm³/mol. The Bertz CT molecular complexity index is 1660. The lowest BCUT2D eigenvalue weighted by molar-refractivity contribution is 0.102.